The van der Waals surface area contributed by atoms with Gasteiger partial charge in [0.25, 0.3) is 0 Å². The zero-order chi connectivity index (χ0) is 26.4. The molecule has 0 nitrogen and oxygen atoms in total. The van der Waals surface area contributed by atoms with E-state index in [4.69, 9.17) is 24.4 Å². The molecule has 0 rings (SSSR count). The highest BCUT2D eigenvalue weighted by Gasteiger charge is 2.05. The topological polar surface area (TPSA) is 0 Å². The average molecular weight is 611 g/mol. The Morgan fingerprint density at radius 2 is 0.583 bits per heavy atom. The zero-order valence-corrected chi connectivity index (χ0v) is 28.7. The van der Waals surface area contributed by atoms with Crippen LogP contribution in [0.1, 0.15) is 168 Å². The second kappa shape index (κ2) is 32.8. The fraction of sp³-hybridized carbons (Fsp3) is 0.933. The lowest BCUT2D eigenvalue weighted by Crippen LogP contribution is -1.88. The van der Waals surface area contributed by atoms with Gasteiger partial charge >= 0.3 is 0 Å². The van der Waals surface area contributed by atoms with Crippen LogP contribution >= 0.6 is 69.5 Å². The molecule has 36 heavy (non-hydrogen) atoms. The van der Waals surface area contributed by atoms with E-state index in [1.165, 1.54) is 166 Å². The molecule has 0 saturated carbocycles. The Kier molecular flexibility index (Phi) is 34.2. The summed E-state index contributed by atoms with van der Waals surface area (Å²) >= 11 is 14.8. The third-order valence-electron chi connectivity index (χ3n) is 6.61. The second-order valence-electron chi connectivity index (χ2n) is 10.1. The standard InChI is InChI=1S/C30H58S6/c1-3-5-7-9-11-13-15-17-19-21-23-25-27-33-29(31)35-36-30(32)34-28-26-24-22-20-18-16-14-12-10-8-6-4-2/h3-28H2,1-2H3. The number of thioether (sulfide) groups is 2. The van der Waals surface area contributed by atoms with Crippen molar-refractivity contribution in [1.82, 2.24) is 0 Å². The molecular formula is C30H58S6. The highest BCUT2D eigenvalue weighted by atomic mass is 33.1. The van der Waals surface area contributed by atoms with Crippen LogP contribution in [0.3, 0.4) is 0 Å². The third kappa shape index (κ3) is 31.8. The maximum Gasteiger partial charge on any atom is 0.115 e. The van der Waals surface area contributed by atoms with Crippen LogP contribution in [-0.2, 0) is 0 Å². The molecule has 0 spiro atoms. The van der Waals surface area contributed by atoms with Gasteiger partial charge in [-0.25, -0.2) is 0 Å². The van der Waals surface area contributed by atoms with Crippen LogP contribution in [0.25, 0.3) is 0 Å². The van der Waals surface area contributed by atoms with E-state index in [1.807, 2.05) is 23.5 Å². The largest absolute Gasteiger partial charge is 0.115 e. The maximum absolute atomic E-state index is 5.53. The van der Waals surface area contributed by atoms with E-state index in [-0.39, 0.29) is 0 Å². The number of hydrogen-bond acceptors (Lipinski definition) is 6. The van der Waals surface area contributed by atoms with Crippen molar-refractivity contribution in [2.75, 3.05) is 11.5 Å². The highest BCUT2D eigenvalue weighted by Crippen LogP contribution is 2.35. The van der Waals surface area contributed by atoms with Gasteiger partial charge in [0, 0.05) is 0 Å². The molecule has 0 aliphatic heterocycles. The summed E-state index contributed by atoms with van der Waals surface area (Å²) in [6.07, 6.45) is 33.8. The number of unbranched alkanes of at least 4 members (excludes halogenated alkanes) is 22. The van der Waals surface area contributed by atoms with Gasteiger partial charge in [0.15, 0.2) is 0 Å². The molecule has 0 aliphatic rings. The average Bonchev–Trinajstić information content (AvgIpc) is 2.88. The van der Waals surface area contributed by atoms with Gasteiger partial charge in [-0.1, -0.05) is 180 Å². The Morgan fingerprint density at radius 1 is 0.361 bits per heavy atom. The lowest BCUT2D eigenvalue weighted by atomic mass is 10.1. The van der Waals surface area contributed by atoms with Crippen LogP contribution in [0.5, 0.6) is 0 Å². The molecule has 0 aromatic carbocycles. The Morgan fingerprint density at radius 3 is 0.833 bits per heavy atom. The second-order valence-corrected chi connectivity index (χ2v) is 16.9. The molecule has 0 heterocycles. The predicted octanol–water partition coefficient (Wildman–Crippen LogP) is 13.8. The first-order chi connectivity index (χ1) is 17.7. The molecule has 0 aromatic heterocycles. The van der Waals surface area contributed by atoms with Gasteiger partial charge in [-0.3, -0.25) is 0 Å². The van der Waals surface area contributed by atoms with Crippen molar-refractivity contribution in [2.45, 2.75) is 168 Å². The lowest BCUT2D eigenvalue weighted by molar-refractivity contribution is 0.548. The van der Waals surface area contributed by atoms with Crippen LogP contribution in [0.15, 0.2) is 0 Å². The zero-order valence-electron chi connectivity index (χ0n) is 23.8. The first-order valence-electron chi connectivity index (χ1n) is 15.4. The normalized spacial score (nSPS) is 11.3. The van der Waals surface area contributed by atoms with Crippen molar-refractivity contribution in [3.63, 3.8) is 0 Å². The molecule has 0 radical (unpaired) electrons. The maximum atomic E-state index is 5.53. The van der Waals surface area contributed by atoms with Crippen molar-refractivity contribution in [2.24, 2.45) is 0 Å². The number of thiocarbonyl (C=S) groups is 2. The summed E-state index contributed by atoms with van der Waals surface area (Å²) in [6, 6.07) is 0. The minimum atomic E-state index is 1.05. The highest BCUT2D eigenvalue weighted by molar-refractivity contribution is 8.96. The lowest BCUT2D eigenvalue weighted by Gasteiger charge is -2.05. The van der Waals surface area contributed by atoms with Crippen molar-refractivity contribution in [3.8, 4) is 0 Å². The van der Waals surface area contributed by atoms with E-state index in [1.54, 1.807) is 21.6 Å². The molecule has 0 fully saturated rings. The van der Waals surface area contributed by atoms with Crippen LogP contribution in [0, 0.1) is 0 Å². The van der Waals surface area contributed by atoms with Gasteiger partial charge in [-0.2, -0.15) is 0 Å². The Hall–Kier alpha value is 1.58. The first kappa shape index (κ1) is 37.6. The summed E-state index contributed by atoms with van der Waals surface area (Å²) in [5.41, 5.74) is 0. The monoisotopic (exact) mass is 610 g/mol. The summed E-state index contributed by atoms with van der Waals surface area (Å²) < 4.78 is 2.10. The van der Waals surface area contributed by atoms with E-state index in [0.717, 1.165) is 7.06 Å². The molecule has 0 N–H and O–H groups in total. The fourth-order valence-electron chi connectivity index (χ4n) is 4.31. The summed E-state index contributed by atoms with van der Waals surface area (Å²) in [6.45, 7) is 4.58. The minimum Gasteiger partial charge on any atom is -0.107 e. The van der Waals surface area contributed by atoms with Gasteiger partial charge in [-0.05, 0) is 45.9 Å². The summed E-state index contributed by atoms with van der Waals surface area (Å²) in [5.74, 6) is 2.34. The molecule has 6 heteroatoms. The molecule has 0 atom stereocenters. The van der Waals surface area contributed by atoms with E-state index in [9.17, 15) is 0 Å². The van der Waals surface area contributed by atoms with E-state index in [2.05, 4.69) is 13.8 Å². The van der Waals surface area contributed by atoms with E-state index >= 15 is 0 Å². The molecule has 0 saturated heterocycles. The van der Waals surface area contributed by atoms with Crippen molar-refractivity contribution < 1.29 is 0 Å². The van der Waals surface area contributed by atoms with Crippen molar-refractivity contribution >= 4 is 76.6 Å². The number of hydrogen-bond donors (Lipinski definition) is 0. The van der Waals surface area contributed by atoms with Gasteiger partial charge in [-0.15, -0.1) is 23.5 Å². The fourth-order valence-corrected chi connectivity index (χ4v) is 9.36. The quantitative estimate of drug-likeness (QED) is 0.0539. The van der Waals surface area contributed by atoms with Gasteiger partial charge in [0.2, 0.25) is 0 Å². The summed E-state index contributed by atoms with van der Waals surface area (Å²) in [7, 11) is 3.41. The molecule has 0 aliphatic carbocycles. The molecule has 0 amide bonds. The van der Waals surface area contributed by atoms with Gasteiger partial charge < -0.3 is 0 Å². The minimum absolute atomic E-state index is 1.05. The SMILES string of the molecule is CCCCCCCCCCCCCCSC(=S)SSC(=S)SCCCCCCCCCCCCCC. The molecule has 0 unspecified atom stereocenters. The molecular weight excluding hydrogens is 553 g/mol. The summed E-state index contributed by atoms with van der Waals surface area (Å²) in [5, 5.41) is 0. The number of rotatable bonds is 26. The van der Waals surface area contributed by atoms with Gasteiger partial charge in [0.05, 0.1) is 0 Å². The third-order valence-corrected chi connectivity index (χ3v) is 13.4. The van der Waals surface area contributed by atoms with Crippen LogP contribution < -0.4 is 0 Å². The Balaban J connectivity index is 3.28. The Bertz CT molecular complexity index is 426. The predicted molar refractivity (Wildman–Crippen MR) is 187 cm³/mol. The first-order valence-corrected chi connectivity index (χ1v) is 20.3. The van der Waals surface area contributed by atoms with E-state index in [0.29, 0.717) is 0 Å². The van der Waals surface area contributed by atoms with E-state index < -0.39 is 0 Å². The van der Waals surface area contributed by atoms with Crippen LogP contribution in [0.2, 0.25) is 0 Å². The smallest absolute Gasteiger partial charge is 0.107 e. The molecule has 0 aromatic rings. The van der Waals surface area contributed by atoms with Crippen molar-refractivity contribution in [3.05, 3.63) is 0 Å². The van der Waals surface area contributed by atoms with Crippen molar-refractivity contribution in [1.29, 1.82) is 0 Å². The van der Waals surface area contributed by atoms with Crippen LogP contribution in [-0.4, -0.2) is 18.6 Å². The van der Waals surface area contributed by atoms with Gasteiger partial charge in [0.1, 0.15) is 7.06 Å². The molecule has 214 valence electrons. The molecule has 0 bridgehead atoms. The summed E-state index contributed by atoms with van der Waals surface area (Å²) in [4.78, 5) is 0. The Labute approximate surface area is 254 Å². The van der Waals surface area contributed by atoms with Crippen LogP contribution in [0.4, 0.5) is 0 Å².